The molecule has 29 heavy (non-hydrogen) atoms. The largest absolute Gasteiger partial charge is 0.431 e. The van der Waals surface area contributed by atoms with Crippen molar-refractivity contribution in [1.29, 1.82) is 0 Å². The lowest BCUT2D eigenvalue weighted by Crippen LogP contribution is -2.35. The second kappa shape index (κ2) is 7.42. The van der Waals surface area contributed by atoms with Crippen LogP contribution in [0.2, 0.25) is 5.02 Å². The minimum absolute atomic E-state index is 0.387. The molecule has 4 rings (SSSR count). The molecule has 9 heteroatoms. The number of halogens is 4. The summed E-state index contributed by atoms with van der Waals surface area (Å²) in [5.41, 5.74) is -1.01. The Balaban J connectivity index is 1.70. The van der Waals surface area contributed by atoms with Crippen LogP contribution in [0.1, 0.15) is 40.5 Å². The number of carbonyl (C=O) groups excluding carboxylic acids is 1. The first-order chi connectivity index (χ1) is 13.7. The Morgan fingerprint density at radius 3 is 2.76 bits per heavy atom. The number of aromatic amines is 1. The third kappa shape index (κ3) is 3.86. The number of thioether (sulfide) groups is 1. The highest BCUT2D eigenvalue weighted by atomic mass is 35.5. The van der Waals surface area contributed by atoms with Crippen LogP contribution >= 0.6 is 23.4 Å². The summed E-state index contributed by atoms with van der Waals surface area (Å²) >= 11 is 7.75. The Morgan fingerprint density at radius 2 is 2.03 bits per heavy atom. The van der Waals surface area contributed by atoms with E-state index in [0.717, 1.165) is 39.8 Å². The summed E-state index contributed by atoms with van der Waals surface area (Å²) in [6.45, 7) is 0. The molecule has 2 aliphatic rings. The fourth-order valence-corrected chi connectivity index (χ4v) is 4.75. The van der Waals surface area contributed by atoms with E-state index in [4.69, 9.17) is 11.6 Å². The predicted molar refractivity (Wildman–Crippen MR) is 105 cm³/mol. The summed E-state index contributed by atoms with van der Waals surface area (Å²) in [7, 11) is 0. The highest BCUT2D eigenvalue weighted by Crippen LogP contribution is 2.48. The third-order valence-corrected chi connectivity index (χ3v) is 6.23. The molecule has 0 radical (unpaired) electrons. The van der Waals surface area contributed by atoms with E-state index in [0.29, 0.717) is 11.1 Å². The molecule has 0 fully saturated rings. The number of amides is 1. The van der Waals surface area contributed by atoms with E-state index in [1.54, 1.807) is 28.9 Å². The Bertz CT molecular complexity index is 1120. The average molecular weight is 439 g/mol. The van der Waals surface area contributed by atoms with Gasteiger partial charge >= 0.3 is 6.18 Å². The van der Waals surface area contributed by atoms with E-state index in [2.05, 4.69) is 5.32 Å². The van der Waals surface area contributed by atoms with Crippen LogP contribution in [-0.2, 0) is 6.18 Å². The van der Waals surface area contributed by atoms with Crippen molar-refractivity contribution in [2.45, 2.75) is 30.0 Å². The quantitative estimate of drug-likeness (QED) is 0.675. The minimum Gasteiger partial charge on any atom is -0.341 e. The van der Waals surface area contributed by atoms with Gasteiger partial charge in [0.2, 0.25) is 0 Å². The zero-order valence-electron chi connectivity index (χ0n) is 14.8. The first-order valence-electron chi connectivity index (χ1n) is 8.72. The van der Waals surface area contributed by atoms with Gasteiger partial charge in [0.05, 0.1) is 6.04 Å². The molecule has 2 heterocycles. The van der Waals surface area contributed by atoms with Gasteiger partial charge in [0.25, 0.3) is 11.5 Å². The predicted octanol–water partition coefficient (Wildman–Crippen LogP) is 5.23. The molecular formula is C20H14ClF3N2O2S. The highest BCUT2D eigenvalue weighted by Gasteiger charge is 2.33. The van der Waals surface area contributed by atoms with Crippen LogP contribution in [0.25, 0.3) is 0 Å². The van der Waals surface area contributed by atoms with Crippen molar-refractivity contribution in [1.82, 2.24) is 10.3 Å². The van der Waals surface area contributed by atoms with E-state index < -0.39 is 29.4 Å². The zero-order valence-corrected chi connectivity index (χ0v) is 16.3. The number of fused-ring (bicyclic) bond motifs is 1. The van der Waals surface area contributed by atoms with Crippen LogP contribution < -0.4 is 10.9 Å². The van der Waals surface area contributed by atoms with Gasteiger partial charge in [0, 0.05) is 9.92 Å². The summed E-state index contributed by atoms with van der Waals surface area (Å²) in [5.74, 6) is -0.756. The number of H-pyrrole nitrogens is 1. The van der Waals surface area contributed by atoms with Gasteiger partial charge in [-0.3, -0.25) is 9.59 Å². The molecule has 1 aliphatic heterocycles. The number of hydrogen-bond acceptors (Lipinski definition) is 3. The van der Waals surface area contributed by atoms with Crippen LogP contribution in [-0.4, -0.2) is 10.9 Å². The van der Waals surface area contributed by atoms with E-state index in [9.17, 15) is 22.8 Å². The number of nitrogens with one attached hydrogen (secondary N) is 2. The minimum atomic E-state index is -4.70. The molecule has 0 spiro atoms. The summed E-state index contributed by atoms with van der Waals surface area (Å²) in [4.78, 5) is 28.6. The maximum atomic E-state index is 12.8. The topological polar surface area (TPSA) is 62.0 Å². The average Bonchev–Trinajstić information content (AvgIpc) is 2.67. The number of aromatic nitrogens is 1. The van der Waals surface area contributed by atoms with Crippen molar-refractivity contribution in [3.63, 3.8) is 0 Å². The van der Waals surface area contributed by atoms with E-state index in [1.807, 2.05) is 18.2 Å². The maximum absolute atomic E-state index is 12.8. The molecule has 1 amide bonds. The van der Waals surface area contributed by atoms with Crippen LogP contribution in [0.3, 0.4) is 0 Å². The SMILES string of the molecule is O=C(NC1C2=C(CCC=C2)Sc2ccc(Cl)cc21)c1ccc(C(F)(F)F)[nH]c1=O. The molecule has 2 N–H and O–H groups in total. The number of carbonyl (C=O) groups is 1. The van der Waals surface area contributed by atoms with Gasteiger partial charge in [0.1, 0.15) is 11.3 Å². The van der Waals surface area contributed by atoms with Crippen molar-refractivity contribution in [3.8, 4) is 0 Å². The monoisotopic (exact) mass is 438 g/mol. The van der Waals surface area contributed by atoms with Crippen LogP contribution in [0.15, 0.2) is 62.7 Å². The van der Waals surface area contributed by atoms with Crippen LogP contribution in [0.4, 0.5) is 13.2 Å². The van der Waals surface area contributed by atoms with Crippen molar-refractivity contribution >= 4 is 29.3 Å². The van der Waals surface area contributed by atoms with Crippen LogP contribution in [0, 0.1) is 0 Å². The van der Waals surface area contributed by atoms with E-state index in [-0.39, 0.29) is 5.56 Å². The first kappa shape index (κ1) is 19.8. The number of alkyl halides is 3. The Labute approximate surface area is 172 Å². The van der Waals surface area contributed by atoms with Gasteiger partial charge in [-0.1, -0.05) is 35.5 Å². The molecule has 2 aromatic rings. The van der Waals surface area contributed by atoms with Crippen molar-refractivity contribution in [2.75, 3.05) is 0 Å². The summed E-state index contributed by atoms with van der Waals surface area (Å²) in [5, 5.41) is 3.30. The Kier molecular flexibility index (Phi) is 5.08. The first-order valence-corrected chi connectivity index (χ1v) is 9.92. The van der Waals surface area contributed by atoms with Crippen molar-refractivity contribution in [3.05, 3.63) is 85.2 Å². The molecule has 1 aromatic carbocycles. The van der Waals surface area contributed by atoms with Crippen molar-refractivity contribution in [2.24, 2.45) is 0 Å². The molecule has 0 bridgehead atoms. The summed E-state index contributed by atoms with van der Waals surface area (Å²) < 4.78 is 38.3. The normalized spacial score (nSPS) is 18.3. The van der Waals surface area contributed by atoms with Gasteiger partial charge in [-0.25, -0.2) is 0 Å². The molecule has 1 atom stereocenters. The van der Waals surface area contributed by atoms with Gasteiger partial charge in [-0.05, 0) is 59.2 Å². The number of benzene rings is 1. The van der Waals surface area contributed by atoms with Crippen LogP contribution in [0.5, 0.6) is 0 Å². The fraction of sp³-hybridized carbons (Fsp3) is 0.200. The lowest BCUT2D eigenvalue weighted by molar-refractivity contribution is -0.141. The molecular weight excluding hydrogens is 425 g/mol. The summed E-state index contributed by atoms with van der Waals surface area (Å²) in [6, 6.07) is 6.40. The Morgan fingerprint density at radius 1 is 1.24 bits per heavy atom. The van der Waals surface area contributed by atoms with Crippen molar-refractivity contribution < 1.29 is 18.0 Å². The highest BCUT2D eigenvalue weighted by molar-refractivity contribution is 8.03. The molecule has 1 aromatic heterocycles. The van der Waals surface area contributed by atoms with Gasteiger partial charge in [-0.2, -0.15) is 13.2 Å². The molecule has 150 valence electrons. The Hall–Kier alpha value is -2.45. The molecule has 0 saturated carbocycles. The second-order valence-corrected chi connectivity index (χ2v) is 8.20. The number of allylic oxidation sites excluding steroid dienone is 2. The molecule has 1 unspecified atom stereocenters. The number of hydrogen-bond donors (Lipinski definition) is 2. The number of rotatable bonds is 2. The maximum Gasteiger partial charge on any atom is 0.431 e. The molecule has 1 aliphatic carbocycles. The lowest BCUT2D eigenvalue weighted by atomic mass is 9.93. The lowest BCUT2D eigenvalue weighted by Gasteiger charge is -2.31. The number of pyridine rings is 1. The van der Waals surface area contributed by atoms with Gasteiger partial charge in [0.15, 0.2) is 0 Å². The zero-order chi connectivity index (χ0) is 20.8. The van der Waals surface area contributed by atoms with Gasteiger partial charge < -0.3 is 10.3 Å². The molecule has 0 saturated heterocycles. The fourth-order valence-electron chi connectivity index (χ4n) is 3.35. The smallest absolute Gasteiger partial charge is 0.341 e. The van der Waals surface area contributed by atoms with E-state index in [1.165, 1.54) is 0 Å². The van der Waals surface area contributed by atoms with Gasteiger partial charge in [-0.15, -0.1) is 0 Å². The summed E-state index contributed by atoms with van der Waals surface area (Å²) in [6.07, 6.45) is 0.938. The molecule has 4 nitrogen and oxygen atoms in total. The second-order valence-electron chi connectivity index (χ2n) is 6.62. The standard InChI is InChI=1S/C20H14ClF3N2O2S/c21-10-5-7-15-13(9-10)17(11-3-1-2-4-14(11)29-15)26-19(28)12-6-8-16(20(22,23)24)25-18(12)27/h1,3,5-9,17H,2,4H2,(H,25,27)(H,26,28). The third-order valence-electron chi connectivity index (χ3n) is 4.72. The van der Waals surface area contributed by atoms with E-state index >= 15 is 0 Å².